The van der Waals surface area contributed by atoms with Crippen LogP contribution in [-0.2, 0) is 4.79 Å². The van der Waals surface area contributed by atoms with Gasteiger partial charge in [-0.2, -0.15) is 0 Å². The Bertz CT molecular complexity index is 686. The van der Waals surface area contributed by atoms with Crippen LogP contribution in [0.1, 0.15) is 59.9 Å². The van der Waals surface area contributed by atoms with Gasteiger partial charge in [0.05, 0.1) is 17.2 Å². The first kappa shape index (κ1) is 15.5. The maximum absolute atomic E-state index is 13.0. The van der Waals surface area contributed by atoms with Crippen LogP contribution in [0.5, 0.6) is 0 Å². The van der Waals surface area contributed by atoms with Gasteiger partial charge in [0.15, 0.2) is 0 Å². The molecule has 2 aliphatic heterocycles. The lowest BCUT2D eigenvalue weighted by atomic mass is 9.76. The fourth-order valence-corrected chi connectivity index (χ4v) is 4.25. The Morgan fingerprint density at radius 2 is 2.00 bits per heavy atom. The van der Waals surface area contributed by atoms with Crippen molar-refractivity contribution in [2.75, 3.05) is 13.1 Å². The van der Waals surface area contributed by atoms with E-state index in [1.165, 1.54) is 0 Å². The van der Waals surface area contributed by atoms with Gasteiger partial charge in [-0.15, -0.1) is 0 Å². The fraction of sp³-hybridized carbons (Fsp3) is 0.667. The molecule has 5 rings (SSSR count). The van der Waals surface area contributed by atoms with Crippen molar-refractivity contribution in [3.63, 3.8) is 0 Å². The number of rotatable bonds is 3. The summed E-state index contributed by atoms with van der Waals surface area (Å²) >= 11 is 0. The summed E-state index contributed by atoms with van der Waals surface area (Å²) in [4.78, 5) is 35.2. The number of aliphatic carboxylic acids is 1. The molecule has 1 amide bonds. The quantitative estimate of drug-likeness (QED) is 0.919. The molecule has 1 N–H and O–H groups in total. The van der Waals surface area contributed by atoms with Crippen LogP contribution in [0.25, 0.3) is 0 Å². The number of carboxylic acid groups (broad SMARTS) is 1. The number of carbonyl (C=O) groups excluding carboxylic acids is 1. The maximum atomic E-state index is 13.0. The Morgan fingerprint density at radius 3 is 2.67 bits per heavy atom. The Labute approximate surface area is 141 Å². The molecule has 6 heteroatoms. The number of hydrogen-bond acceptors (Lipinski definition) is 4. The van der Waals surface area contributed by atoms with Crippen LogP contribution in [0.4, 0.5) is 0 Å². The summed E-state index contributed by atoms with van der Waals surface area (Å²) in [5.74, 6) is 0.614. The minimum absolute atomic E-state index is 0.0437. The van der Waals surface area contributed by atoms with Crippen molar-refractivity contribution in [2.24, 2.45) is 17.8 Å². The fourth-order valence-electron chi connectivity index (χ4n) is 4.25. The summed E-state index contributed by atoms with van der Waals surface area (Å²) in [6.07, 6.45) is 6.56. The van der Waals surface area contributed by atoms with Crippen molar-refractivity contribution in [1.82, 2.24) is 14.9 Å². The number of hydrogen-bond donors (Lipinski definition) is 1. The van der Waals surface area contributed by atoms with E-state index in [1.54, 1.807) is 6.20 Å². The number of aromatic nitrogens is 2. The van der Waals surface area contributed by atoms with Crippen LogP contribution in [-0.4, -0.2) is 44.9 Å². The number of carboxylic acids is 1. The van der Waals surface area contributed by atoms with Gasteiger partial charge in [-0.25, -0.2) is 9.97 Å². The molecule has 2 aliphatic carbocycles. The Kier molecular flexibility index (Phi) is 3.77. The van der Waals surface area contributed by atoms with Crippen LogP contribution in [0.2, 0.25) is 0 Å². The standard InChI is InChI=1S/C18H23N3O3/c1-10-15(7-19-16(20-10)12-4-5-12)17(22)21-8-11-2-3-13(9-21)14(6-11)18(23)24/h7,11-14H,2-6,8-9H2,1H3,(H,23,24). The second-order valence-corrected chi connectivity index (χ2v) is 7.60. The first-order chi connectivity index (χ1) is 11.5. The molecule has 3 unspecified atom stereocenters. The van der Waals surface area contributed by atoms with E-state index in [-0.39, 0.29) is 17.7 Å². The molecule has 128 valence electrons. The molecule has 1 aromatic rings. The lowest BCUT2D eigenvalue weighted by molar-refractivity contribution is -0.145. The maximum Gasteiger partial charge on any atom is 0.306 e. The summed E-state index contributed by atoms with van der Waals surface area (Å²) in [6.45, 7) is 3.06. The van der Waals surface area contributed by atoms with Crippen LogP contribution < -0.4 is 0 Å². The van der Waals surface area contributed by atoms with Crippen molar-refractivity contribution in [3.05, 3.63) is 23.3 Å². The van der Waals surface area contributed by atoms with E-state index in [1.807, 2.05) is 11.8 Å². The van der Waals surface area contributed by atoms with Gasteiger partial charge >= 0.3 is 5.97 Å². The van der Waals surface area contributed by atoms with Gasteiger partial charge in [-0.3, -0.25) is 9.59 Å². The molecule has 3 atom stereocenters. The SMILES string of the molecule is Cc1nc(C2CC2)ncc1C(=O)N1CC2CCC(C1)C(C(=O)O)C2. The molecule has 24 heavy (non-hydrogen) atoms. The van der Waals surface area contributed by atoms with Crippen molar-refractivity contribution >= 4 is 11.9 Å². The molecule has 3 heterocycles. The predicted octanol–water partition coefficient (Wildman–Crippen LogP) is 2.24. The first-order valence-corrected chi connectivity index (χ1v) is 8.88. The topological polar surface area (TPSA) is 83.4 Å². The van der Waals surface area contributed by atoms with E-state index in [4.69, 9.17) is 0 Å². The number of fused-ring (bicyclic) bond motifs is 4. The van der Waals surface area contributed by atoms with E-state index >= 15 is 0 Å². The van der Waals surface area contributed by atoms with Crippen molar-refractivity contribution in [3.8, 4) is 0 Å². The average molecular weight is 329 g/mol. The molecule has 2 bridgehead atoms. The zero-order valence-corrected chi connectivity index (χ0v) is 13.9. The third-order valence-corrected chi connectivity index (χ3v) is 5.81. The number of amides is 1. The van der Waals surface area contributed by atoms with Gasteiger partial charge in [-0.1, -0.05) is 0 Å². The molecule has 2 saturated carbocycles. The lowest BCUT2D eigenvalue weighted by Crippen LogP contribution is -2.36. The highest BCUT2D eigenvalue weighted by atomic mass is 16.4. The van der Waals surface area contributed by atoms with E-state index in [9.17, 15) is 14.7 Å². The second-order valence-electron chi connectivity index (χ2n) is 7.60. The Balaban J connectivity index is 1.55. The minimum Gasteiger partial charge on any atom is -0.481 e. The molecular formula is C18H23N3O3. The molecule has 2 saturated heterocycles. The van der Waals surface area contributed by atoms with Gasteiger partial charge < -0.3 is 10.0 Å². The first-order valence-electron chi connectivity index (χ1n) is 8.88. The zero-order chi connectivity index (χ0) is 16.8. The van der Waals surface area contributed by atoms with E-state index in [2.05, 4.69) is 9.97 Å². The summed E-state index contributed by atoms with van der Waals surface area (Å²) < 4.78 is 0. The van der Waals surface area contributed by atoms with Crippen LogP contribution in [0.15, 0.2) is 6.20 Å². The van der Waals surface area contributed by atoms with Gasteiger partial charge in [0.2, 0.25) is 0 Å². The Hall–Kier alpha value is -1.98. The zero-order valence-electron chi connectivity index (χ0n) is 13.9. The second kappa shape index (κ2) is 5.83. The average Bonchev–Trinajstić information content (AvgIpc) is 3.40. The Morgan fingerprint density at radius 1 is 1.21 bits per heavy atom. The normalized spacial score (nSPS) is 29.4. The summed E-state index contributed by atoms with van der Waals surface area (Å²) in [5, 5.41) is 9.44. The van der Waals surface area contributed by atoms with Crippen LogP contribution >= 0.6 is 0 Å². The van der Waals surface area contributed by atoms with E-state index in [0.29, 0.717) is 36.9 Å². The summed E-state index contributed by atoms with van der Waals surface area (Å²) in [6, 6.07) is 0. The van der Waals surface area contributed by atoms with Gasteiger partial charge in [0.1, 0.15) is 5.82 Å². The smallest absolute Gasteiger partial charge is 0.306 e. The van der Waals surface area contributed by atoms with Crippen molar-refractivity contribution < 1.29 is 14.7 Å². The minimum atomic E-state index is -0.715. The molecule has 6 nitrogen and oxygen atoms in total. The van der Waals surface area contributed by atoms with Gasteiger partial charge in [0.25, 0.3) is 5.91 Å². The lowest BCUT2D eigenvalue weighted by Gasteiger charge is -2.28. The number of nitrogens with zero attached hydrogens (tertiary/aromatic N) is 3. The predicted molar refractivity (Wildman–Crippen MR) is 86.6 cm³/mol. The molecular weight excluding hydrogens is 306 g/mol. The van der Waals surface area contributed by atoms with Crippen LogP contribution in [0.3, 0.4) is 0 Å². The van der Waals surface area contributed by atoms with E-state index in [0.717, 1.165) is 37.2 Å². The summed E-state index contributed by atoms with van der Waals surface area (Å²) in [5.41, 5.74) is 1.30. The van der Waals surface area contributed by atoms with E-state index < -0.39 is 5.97 Å². The van der Waals surface area contributed by atoms with Crippen molar-refractivity contribution in [1.29, 1.82) is 0 Å². The molecule has 4 aliphatic rings. The number of carbonyl (C=O) groups is 2. The molecule has 0 radical (unpaired) electrons. The molecule has 4 fully saturated rings. The third-order valence-electron chi connectivity index (χ3n) is 5.81. The number of aryl methyl sites for hydroxylation is 1. The highest BCUT2D eigenvalue weighted by Crippen LogP contribution is 2.40. The highest BCUT2D eigenvalue weighted by molar-refractivity contribution is 5.95. The largest absolute Gasteiger partial charge is 0.481 e. The van der Waals surface area contributed by atoms with Crippen molar-refractivity contribution in [2.45, 2.75) is 44.9 Å². The monoisotopic (exact) mass is 329 g/mol. The molecule has 0 aromatic carbocycles. The molecule has 0 spiro atoms. The summed E-state index contributed by atoms with van der Waals surface area (Å²) in [7, 11) is 0. The third kappa shape index (κ3) is 2.78. The van der Waals surface area contributed by atoms with Gasteiger partial charge in [0, 0.05) is 25.2 Å². The molecule has 1 aromatic heterocycles. The highest BCUT2D eigenvalue weighted by Gasteiger charge is 2.41. The van der Waals surface area contributed by atoms with Gasteiger partial charge in [-0.05, 0) is 50.9 Å². The van der Waals surface area contributed by atoms with Crippen LogP contribution in [0, 0.1) is 24.7 Å².